The third-order valence-electron chi connectivity index (χ3n) is 2.42. The van der Waals surface area contributed by atoms with Crippen molar-refractivity contribution in [3.63, 3.8) is 0 Å². The summed E-state index contributed by atoms with van der Waals surface area (Å²) in [6, 6.07) is 6.66. The van der Waals surface area contributed by atoms with Crippen LogP contribution in [0.25, 0.3) is 0 Å². The third kappa shape index (κ3) is 4.19. The SMILES string of the molecule is CCCC(CC)Nc1ccc(I)cc1Cl. The van der Waals surface area contributed by atoms with Crippen molar-refractivity contribution in [1.29, 1.82) is 0 Å². The van der Waals surface area contributed by atoms with E-state index in [9.17, 15) is 0 Å². The normalized spacial score (nSPS) is 12.5. The van der Waals surface area contributed by atoms with Gasteiger partial charge in [0.05, 0.1) is 10.7 Å². The molecule has 15 heavy (non-hydrogen) atoms. The van der Waals surface area contributed by atoms with E-state index >= 15 is 0 Å². The van der Waals surface area contributed by atoms with Gasteiger partial charge in [0.15, 0.2) is 0 Å². The zero-order valence-corrected chi connectivity index (χ0v) is 12.1. The lowest BCUT2D eigenvalue weighted by atomic mass is 10.1. The van der Waals surface area contributed by atoms with E-state index in [2.05, 4.69) is 53.9 Å². The number of benzene rings is 1. The quantitative estimate of drug-likeness (QED) is 0.751. The minimum Gasteiger partial charge on any atom is -0.381 e. The Bertz CT molecular complexity index is 314. The molecule has 1 unspecified atom stereocenters. The Morgan fingerprint density at radius 1 is 1.40 bits per heavy atom. The first-order chi connectivity index (χ1) is 7.17. The van der Waals surface area contributed by atoms with Crippen molar-refractivity contribution in [3.05, 3.63) is 26.8 Å². The second-order valence-corrected chi connectivity index (χ2v) is 5.32. The Hall–Kier alpha value is 0.0400. The number of hydrogen-bond acceptors (Lipinski definition) is 1. The van der Waals surface area contributed by atoms with Crippen molar-refractivity contribution in [3.8, 4) is 0 Å². The molecular formula is C12H17ClIN. The van der Waals surface area contributed by atoms with Crippen molar-refractivity contribution < 1.29 is 0 Å². The second kappa shape index (κ2) is 6.59. The van der Waals surface area contributed by atoms with E-state index in [-0.39, 0.29) is 0 Å². The molecule has 0 fully saturated rings. The molecule has 0 radical (unpaired) electrons. The van der Waals surface area contributed by atoms with Crippen molar-refractivity contribution >= 4 is 39.9 Å². The topological polar surface area (TPSA) is 12.0 Å². The second-order valence-electron chi connectivity index (χ2n) is 3.66. The monoisotopic (exact) mass is 337 g/mol. The molecule has 0 aliphatic heterocycles. The summed E-state index contributed by atoms with van der Waals surface area (Å²) in [7, 11) is 0. The fourth-order valence-electron chi connectivity index (χ4n) is 1.55. The summed E-state index contributed by atoms with van der Waals surface area (Å²) in [5.74, 6) is 0. The summed E-state index contributed by atoms with van der Waals surface area (Å²) in [5, 5.41) is 4.31. The molecular weight excluding hydrogens is 320 g/mol. The van der Waals surface area contributed by atoms with Gasteiger partial charge < -0.3 is 5.32 Å². The van der Waals surface area contributed by atoms with Gasteiger partial charge in [0.25, 0.3) is 0 Å². The smallest absolute Gasteiger partial charge is 0.0648 e. The Morgan fingerprint density at radius 3 is 2.67 bits per heavy atom. The summed E-state index contributed by atoms with van der Waals surface area (Å²) in [5.41, 5.74) is 1.05. The van der Waals surface area contributed by atoms with Gasteiger partial charge in [0, 0.05) is 9.61 Å². The van der Waals surface area contributed by atoms with Gasteiger partial charge in [0.1, 0.15) is 0 Å². The van der Waals surface area contributed by atoms with Gasteiger partial charge in [-0.3, -0.25) is 0 Å². The lowest BCUT2D eigenvalue weighted by Gasteiger charge is -2.18. The van der Waals surface area contributed by atoms with Crippen LogP contribution in [0.1, 0.15) is 33.1 Å². The third-order valence-corrected chi connectivity index (χ3v) is 3.40. The Kier molecular flexibility index (Phi) is 5.75. The molecule has 0 amide bonds. The summed E-state index contributed by atoms with van der Waals surface area (Å²) in [4.78, 5) is 0. The van der Waals surface area contributed by atoms with E-state index in [1.807, 2.05) is 6.07 Å². The van der Waals surface area contributed by atoms with Gasteiger partial charge in [0.2, 0.25) is 0 Å². The molecule has 0 bridgehead atoms. The molecule has 1 aromatic carbocycles. The first-order valence-electron chi connectivity index (χ1n) is 5.39. The van der Waals surface area contributed by atoms with Gasteiger partial charge in [-0.05, 0) is 53.6 Å². The fourth-order valence-corrected chi connectivity index (χ4v) is 2.46. The molecule has 0 aromatic heterocycles. The minimum atomic E-state index is 0.535. The zero-order chi connectivity index (χ0) is 11.3. The largest absolute Gasteiger partial charge is 0.381 e. The fraction of sp³-hybridized carbons (Fsp3) is 0.500. The van der Waals surface area contributed by atoms with Crippen LogP contribution in [0.5, 0.6) is 0 Å². The van der Waals surface area contributed by atoms with Crippen molar-refractivity contribution in [2.75, 3.05) is 5.32 Å². The van der Waals surface area contributed by atoms with Gasteiger partial charge in [-0.2, -0.15) is 0 Å². The summed E-state index contributed by atoms with van der Waals surface area (Å²) < 4.78 is 1.17. The molecule has 1 rings (SSSR count). The Labute approximate surface area is 111 Å². The average molecular weight is 338 g/mol. The van der Waals surface area contributed by atoms with E-state index < -0.39 is 0 Å². The summed E-state index contributed by atoms with van der Waals surface area (Å²) >= 11 is 8.43. The lowest BCUT2D eigenvalue weighted by Crippen LogP contribution is -2.18. The molecule has 0 saturated heterocycles. The maximum Gasteiger partial charge on any atom is 0.0648 e. The van der Waals surface area contributed by atoms with Crippen molar-refractivity contribution in [2.45, 2.75) is 39.2 Å². The Morgan fingerprint density at radius 2 is 2.13 bits per heavy atom. The van der Waals surface area contributed by atoms with E-state index in [1.54, 1.807) is 0 Å². The van der Waals surface area contributed by atoms with Crippen LogP contribution >= 0.6 is 34.2 Å². The Balaban J connectivity index is 2.70. The standard InChI is InChI=1S/C12H17ClIN/c1-3-5-10(4-2)15-12-7-6-9(14)8-11(12)13/h6-8,10,15H,3-5H2,1-2H3. The summed E-state index contributed by atoms with van der Waals surface area (Å²) in [6.07, 6.45) is 3.53. The predicted molar refractivity (Wildman–Crippen MR) is 76.8 cm³/mol. The molecule has 3 heteroatoms. The number of rotatable bonds is 5. The highest BCUT2D eigenvalue weighted by atomic mass is 127. The molecule has 1 N–H and O–H groups in total. The molecule has 1 nitrogen and oxygen atoms in total. The molecule has 0 aliphatic rings. The molecule has 84 valence electrons. The van der Waals surface area contributed by atoms with Crippen LogP contribution in [0.3, 0.4) is 0 Å². The number of anilines is 1. The van der Waals surface area contributed by atoms with Gasteiger partial charge in [-0.25, -0.2) is 0 Å². The maximum atomic E-state index is 6.16. The minimum absolute atomic E-state index is 0.535. The van der Waals surface area contributed by atoms with Crippen LogP contribution in [0.2, 0.25) is 5.02 Å². The maximum absolute atomic E-state index is 6.16. The first-order valence-corrected chi connectivity index (χ1v) is 6.84. The number of nitrogens with one attached hydrogen (secondary N) is 1. The van der Waals surface area contributed by atoms with Crippen molar-refractivity contribution in [1.82, 2.24) is 0 Å². The van der Waals surface area contributed by atoms with E-state index in [1.165, 1.54) is 16.4 Å². The van der Waals surface area contributed by atoms with E-state index in [0.29, 0.717) is 6.04 Å². The molecule has 0 saturated carbocycles. The van der Waals surface area contributed by atoms with Crippen LogP contribution in [0.4, 0.5) is 5.69 Å². The molecule has 0 heterocycles. The first kappa shape index (κ1) is 13.1. The van der Waals surface area contributed by atoms with E-state index in [0.717, 1.165) is 17.1 Å². The van der Waals surface area contributed by atoms with Crippen LogP contribution in [-0.4, -0.2) is 6.04 Å². The van der Waals surface area contributed by atoms with Crippen LogP contribution in [0.15, 0.2) is 18.2 Å². The van der Waals surface area contributed by atoms with Crippen LogP contribution in [0, 0.1) is 3.57 Å². The van der Waals surface area contributed by atoms with E-state index in [4.69, 9.17) is 11.6 Å². The highest BCUT2D eigenvalue weighted by Gasteiger charge is 2.07. The highest BCUT2D eigenvalue weighted by Crippen LogP contribution is 2.25. The molecule has 1 atom stereocenters. The zero-order valence-electron chi connectivity index (χ0n) is 9.19. The van der Waals surface area contributed by atoms with Crippen molar-refractivity contribution in [2.24, 2.45) is 0 Å². The molecule has 0 spiro atoms. The predicted octanol–water partition coefficient (Wildman–Crippen LogP) is 4.94. The summed E-state index contributed by atoms with van der Waals surface area (Å²) in [6.45, 7) is 4.41. The van der Waals surface area contributed by atoms with Crippen LogP contribution < -0.4 is 5.32 Å². The highest BCUT2D eigenvalue weighted by molar-refractivity contribution is 14.1. The number of halogens is 2. The molecule has 1 aromatic rings. The van der Waals surface area contributed by atoms with Gasteiger partial charge in [-0.15, -0.1) is 0 Å². The number of hydrogen-bond donors (Lipinski definition) is 1. The van der Waals surface area contributed by atoms with Crippen LogP contribution in [-0.2, 0) is 0 Å². The average Bonchev–Trinajstić information content (AvgIpc) is 2.21. The molecule has 0 aliphatic carbocycles. The lowest BCUT2D eigenvalue weighted by molar-refractivity contribution is 0.623. The van der Waals surface area contributed by atoms with Gasteiger partial charge >= 0.3 is 0 Å². The van der Waals surface area contributed by atoms with Gasteiger partial charge in [-0.1, -0.05) is 31.9 Å².